The number of carbonyl (C=O) groups is 2. The number of anilines is 1. The first-order chi connectivity index (χ1) is 13.6. The first-order valence-corrected chi connectivity index (χ1v) is 10.6. The van der Waals surface area contributed by atoms with Crippen molar-refractivity contribution >= 4 is 34.8 Å². The monoisotopic (exact) mass is 405 g/mol. The van der Waals surface area contributed by atoms with Crippen LogP contribution < -0.4 is 16.0 Å². The van der Waals surface area contributed by atoms with Crippen molar-refractivity contribution < 1.29 is 14.3 Å². The largest absolute Gasteiger partial charge is 0.376 e. The van der Waals surface area contributed by atoms with E-state index in [0.29, 0.717) is 18.5 Å². The minimum Gasteiger partial charge on any atom is -0.376 e. The minimum atomic E-state index is -0.124. The number of ether oxygens (including phenoxy) is 1. The molecule has 28 heavy (non-hydrogen) atoms. The molecule has 1 aromatic rings. The van der Waals surface area contributed by atoms with E-state index < -0.39 is 0 Å². The number of thiocarbonyl (C=S) groups is 1. The molecule has 1 saturated heterocycles. The Balaban J connectivity index is 1.68. The molecular weight excluding hydrogens is 374 g/mol. The molecule has 0 aromatic heterocycles. The summed E-state index contributed by atoms with van der Waals surface area (Å²) in [7, 11) is 0. The SMILES string of the molecule is CCCCCCCC(=O)NC(=S)Nc1ccc(C(=O)NCC2CCCO2)cc1. The summed E-state index contributed by atoms with van der Waals surface area (Å²) >= 11 is 5.18. The molecule has 3 N–H and O–H groups in total. The van der Waals surface area contributed by atoms with Crippen LogP contribution >= 0.6 is 12.2 Å². The second-order valence-corrected chi connectivity index (χ2v) is 7.50. The van der Waals surface area contributed by atoms with Gasteiger partial charge in [0.1, 0.15) is 0 Å². The number of carbonyl (C=O) groups excluding carboxylic acids is 2. The van der Waals surface area contributed by atoms with Crippen LogP contribution in [-0.4, -0.2) is 36.2 Å². The maximum absolute atomic E-state index is 12.2. The van der Waals surface area contributed by atoms with Gasteiger partial charge in [0.2, 0.25) is 5.91 Å². The van der Waals surface area contributed by atoms with Crippen molar-refractivity contribution in [1.29, 1.82) is 0 Å². The van der Waals surface area contributed by atoms with E-state index in [-0.39, 0.29) is 23.0 Å². The van der Waals surface area contributed by atoms with Crippen LogP contribution in [0.5, 0.6) is 0 Å². The summed E-state index contributed by atoms with van der Waals surface area (Å²) in [5.41, 5.74) is 1.30. The van der Waals surface area contributed by atoms with E-state index in [1.54, 1.807) is 24.3 Å². The number of hydrogen-bond donors (Lipinski definition) is 3. The molecule has 1 aliphatic heterocycles. The van der Waals surface area contributed by atoms with Gasteiger partial charge < -0.3 is 20.7 Å². The average molecular weight is 406 g/mol. The lowest BCUT2D eigenvalue weighted by atomic mass is 10.1. The van der Waals surface area contributed by atoms with E-state index in [1.807, 2.05) is 0 Å². The number of hydrogen-bond acceptors (Lipinski definition) is 4. The van der Waals surface area contributed by atoms with Crippen LogP contribution in [0.1, 0.15) is 68.6 Å². The van der Waals surface area contributed by atoms with Gasteiger partial charge in [0.05, 0.1) is 6.10 Å². The highest BCUT2D eigenvalue weighted by Crippen LogP contribution is 2.12. The Hall–Kier alpha value is -1.99. The average Bonchev–Trinajstić information content (AvgIpc) is 3.20. The van der Waals surface area contributed by atoms with Crippen molar-refractivity contribution in [2.75, 3.05) is 18.5 Å². The molecule has 0 aliphatic carbocycles. The van der Waals surface area contributed by atoms with Gasteiger partial charge in [-0.2, -0.15) is 0 Å². The van der Waals surface area contributed by atoms with E-state index in [4.69, 9.17) is 17.0 Å². The maximum Gasteiger partial charge on any atom is 0.251 e. The lowest BCUT2D eigenvalue weighted by molar-refractivity contribution is -0.119. The molecule has 7 heteroatoms. The summed E-state index contributed by atoms with van der Waals surface area (Å²) in [4.78, 5) is 24.1. The zero-order valence-corrected chi connectivity index (χ0v) is 17.4. The predicted octanol–water partition coefficient (Wildman–Crippen LogP) is 3.77. The van der Waals surface area contributed by atoms with Crippen LogP contribution in [0.25, 0.3) is 0 Å². The first-order valence-electron chi connectivity index (χ1n) is 10.2. The molecule has 0 spiro atoms. The number of unbranched alkanes of at least 4 members (excludes halogenated alkanes) is 4. The first kappa shape index (κ1) is 22.3. The fourth-order valence-corrected chi connectivity index (χ4v) is 3.29. The van der Waals surface area contributed by atoms with E-state index in [9.17, 15) is 9.59 Å². The molecule has 1 atom stereocenters. The normalized spacial score (nSPS) is 15.8. The molecule has 1 unspecified atom stereocenters. The van der Waals surface area contributed by atoms with Gasteiger partial charge in [0, 0.05) is 30.8 Å². The highest BCUT2D eigenvalue weighted by atomic mass is 32.1. The van der Waals surface area contributed by atoms with Gasteiger partial charge in [0.15, 0.2) is 5.11 Å². The Labute approximate surface area is 172 Å². The third-order valence-corrected chi connectivity index (χ3v) is 4.88. The Morgan fingerprint density at radius 2 is 1.89 bits per heavy atom. The number of benzene rings is 1. The third-order valence-electron chi connectivity index (χ3n) is 4.68. The summed E-state index contributed by atoms with van der Waals surface area (Å²) in [6.07, 6.45) is 8.16. The van der Waals surface area contributed by atoms with Gasteiger partial charge in [-0.15, -0.1) is 0 Å². The molecular formula is C21H31N3O3S. The fourth-order valence-electron chi connectivity index (χ4n) is 3.06. The van der Waals surface area contributed by atoms with Gasteiger partial charge in [-0.25, -0.2) is 0 Å². The standard InChI is InChI=1S/C21H31N3O3S/c1-2-3-4-5-6-9-19(25)24-21(28)23-17-12-10-16(11-13-17)20(26)22-15-18-8-7-14-27-18/h10-13,18H,2-9,14-15H2,1H3,(H,22,26)(H2,23,24,25,28). The fraction of sp³-hybridized carbons (Fsp3) is 0.571. The minimum absolute atomic E-state index is 0.0703. The molecule has 2 amide bonds. The third kappa shape index (κ3) is 8.35. The molecule has 6 nitrogen and oxygen atoms in total. The number of nitrogens with one attached hydrogen (secondary N) is 3. The molecule has 1 heterocycles. The molecule has 0 bridgehead atoms. The molecule has 2 rings (SSSR count). The lowest BCUT2D eigenvalue weighted by Crippen LogP contribution is -2.34. The Bertz CT molecular complexity index is 643. The van der Waals surface area contributed by atoms with Crippen molar-refractivity contribution in [2.45, 2.75) is 64.4 Å². The zero-order valence-electron chi connectivity index (χ0n) is 16.6. The highest BCUT2D eigenvalue weighted by molar-refractivity contribution is 7.80. The topological polar surface area (TPSA) is 79.5 Å². The Morgan fingerprint density at radius 1 is 1.14 bits per heavy atom. The molecule has 154 valence electrons. The van der Waals surface area contributed by atoms with Crippen molar-refractivity contribution in [3.05, 3.63) is 29.8 Å². The molecule has 1 fully saturated rings. The summed E-state index contributed by atoms with van der Waals surface area (Å²) in [5.74, 6) is -0.194. The van der Waals surface area contributed by atoms with Crippen LogP contribution in [-0.2, 0) is 9.53 Å². The van der Waals surface area contributed by atoms with E-state index in [2.05, 4.69) is 22.9 Å². The number of amides is 2. The van der Waals surface area contributed by atoms with Crippen LogP contribution in [0.4, 0.5) is 5.69 Å². The lowest BCUT2D eigenvalue weighted by Gasteiger charge is -2.12. The van der Waals surface area contributed by atoms with Crippen molar-refractivity contribution in [2.24, 2.45) is 0 Å². The molecule has 0 radical (unpaired) electrons. The van der Waals surface area contributed by atoms with Gasteiger partial charge >= 0.3 is 0 Å². The smallest absolute Gasteiger partial charge is 0.251 e. The van der Waals surface area contributed by atoms with Crippen molar-refractivity contribution in [3.8, 4) is 0 Å². The Kier molecular flexibility index (Phi) is 9.93. The van der Waals surface area contributed by atoms with Crippen LogP contribution in [0.15, 0.2) is 24.3 Å². The van der Waals surface area contributed by atoms with Crippen LogP contribution in [0, 0.1) is 0 Å². The van der Waals surface area contributed by atoms with E-state index in [0.717, 1.165) is 38.0 Å². The maximum atomic E-state index is 12.2. The second-order valence-electron chi connectivity index (χ2n) is 7.09. The van der Waals surface area contributed by atoms with E-state index in [1.165, 1.54) is 19.3 Å². The molecule has 0 saturated carbocycles. The quantitative estimate of drug-likeness (QED) is 0.408. The Morgan fingerprint density at radius 3 is 2.57 bits per heavy atom. The van der Waals surface area contributed by atoms with Gasteiger partial charge in [-0.3, -0.25) is 9.59 Å². The van der Waals surface area contributed by atoms with Gasteiger partial charge in [-0.05, 0) is 55.7 Å². The summed E-state index contributed by atoms with van der Waals surface area (Å²) in [5, 5.41) is 8.84. The number of rotatable bonds is 10. The summed E-state index contributed by atoms with van der Waals surface area (Å²) in [6.45, 7) is 3.48. The second kappa shape index (κ2) is 12.5. The van der Waals surface area contributed by atoms with Crippen LogP contribution in [0.2, 0.25) is 0 Å². The molecule has 1 aliphatic rings. The highest BCUT2D eigenvalue weighted by Gasteiger charge is 2.16. The summed E-state index contributed by atoms with van der Waals surface area (Å²) in [6, 6.07) is 6.99. The van der Waals surface area contributed by atoms with Crippen molar-refractivity contribution in [1.82, 2.24) is 10.6 Å². The van der Waals surface area contributed by atoms with Crippen LogP contribution in [0.3, 0.4) is 0 Å². The molecule has 1 aromatic carbocycles. The van der Waals surface area contributed by atoms with Gasteiger partial charge in [-0.1, -0.05) is 32.6 Å². The zero-order chi connectivity index (χ0) is 20.2. The van der Waals surface area contributed by atoms with Gasteiger partial charge in [0.25, 0.3) is 5.91 Å². The summed E-state index contributed by atoms with van der Waals surface area (Å²) < 4.78 is 5.50. The predicted molar refractivity (Wildman–Crippen MR) is 115 cm³/mol. The van der Waals surface area contributed by atoms with Crippen molar-refractivity contribution in [3.63, 3.8) is 0 Å². The van der Waals surface area contributed by atoms with E-state index >= 15 is 0 Å².